The summed E-state index contributed by atoms with van der Waals surface area (Å²) in [4.78, 5) is 0. The van der Waals surface area contributed by atoms with E-state index in [0.29, 0.717) is 0 Å². The highest BCUT2D eigenvalue weighted by molar-refractivity contribution is 4.55. The van der Waals surface area contributed by atoms with Crippen LogP contribution in [0.2, 0.25) is 0 Å². The second kappa shape index (κ2) is 3.92. The highest BCUT2D eigenvalue weighted by atomic mass is 16.3. The Labute approximate surface area is 31.1 Å². The Kier molecular flexibility index (Phi) is 3.86. The number of hydrogen-bond acceptors (Lipinski definition) is 2. The second-order valence-electron chi connectivity index (χ2n) is 0.566. The number of aliphatic hydroxyl groups excluding tert-OH is 2. The van der Waals surface area contributed by atoms with Crippen LogP contribution in [0.1, 0.15) is 0 Å². The van der Waals surface area contributed by atoms with Crippen LogP contribution < -0.4 is 0 Å². The molecule has 0 aliphatic heterocycles. The number of hydrogen-bond donors (Lipinski definition) is 2. The lowest BCUT2D eigenvalue weighted by Gasteiger charge is -1.77. The Balaban J connectivity index is 2.19. The van der Waals surface area contributed by atoms with Crippen LogP contribution in [0.3, 0.4) is 0 Å². The van der Waals surface area contributed by atoms with Gasteiger partial charge in [-0.1, -0.05) is 0 Å². The maximum Gasteiger partial charge on any atom is 0.0524 e. The molecule has 2 radical (unpaired) electrons. The van der Waals surface area contributed by atoms with Gasteiger partial charge in [0.2, 0.25) is 0 Å². The van der Waals surface area contributed by atoms with E-state index >= 15 is 0 Å². The number of aliphatic hydroxyl groups is 2. The summed E-state index contributed by atoms with van der Waals surface area (Å²) in [5, 5.41) is 15.6. The van der Waals surface area contributed by atoms with Gasteiger partial charge in [0.15, 0.2) is 0 Å². The van der Waals surface area contributed by atoms with Crippen LogP contribution in [0.15, 0.2) is 0 Å². The zero-order valence-corrected chi connectivity index (χ0v) is 2.81. The minimum atomic E-state index is -0.156. The van der Waals surface area contributed by atoms with Crippen LogP contribution in [-0.4, -0.2) is 23.4 Å². The van der Waals surface area contributed by atoms with Gasteiger partial charge in [-0.25, -0.2) is 0 Å². The van der Waals surface area contributed by atoms with Gasteiger partial charge in [-0.15, -0.1) is 0 Å². The van der Waals surface area contributed by atoms with E-state index < -0.39 is 0 Å². The van der Waals surface area contributed by atoms with E-state index in [1.165, 1.54) is 0 Å². The molecule has 0 aromatic heterocycles. The third kappa shape index (κ3) is 3.92. The van der Waals surface area contributed by atoms with E-state index in [1.807, 2.05) is 0 Å². The topological polar surface area (TPSA) is 40.5 Å². The van der Waals surface area contributed by atoms with E-state index in [-0.39, 0.29) is 13.2 Å². The van der Waals surface area contributed by atoms with Crippen molar-refractivity contribution in [1.29, 1.82) is 0 Å². The summed E-state index contributed by atoms with van der Waals surface area (Å²) in [7, 11) is 0. The summed E-state index contributed by atoms with van der Waals surface area (Å²) in [5.74, 6) is 0. The normalized spacial score (nSPS) is 8.40. The van der Waals surface area contributed by atoms with Crippen molar-refractivity contribution in [3.63, 3.8) is 0 Å². The highest BCUT2D eigenvalue weighted by Crippen LogP contribution is 1.62. The molecule has 0 aromatic rings. The minimum Gasteiger partial charge on any atom is -0.396 e. The first-order chi connectivity index (χ1) is 2.41. The third-order valence-corrected chi connectivity index (χ3v) is 0.224. The molecule has 2 nitrogen and oxygen atoms in total. The first kappa shape index (κ1) is 4.92. The Bertz CT molecular complexity index is 12.4. The molecule has 0 unspecified atom stereocenters. The molecule has 0 heterocycles. The zero-order chi connectivity index (χ0) is 4.12. The average Bonchev–Trinajstić information content (AvgIpc) is 1.41. The Morgan fingerprint density at radius 2 is 1.60 bits per heavy atom. The maximum absolute atomic E-state index is 7.80. The van der Waals surface area contributed by atoms with Crippen LogP contribution in [0.4, 0.5) is 0 Å². The van der Waals surface area contributed by atoms with E-state index in [4.69, 9.17) is 10.2 Å². The summed E-state index contributed by atoms with van der Waals surface area (Å²) >= 11 is 0. The average molecular weight is 74.1 g/mol. The van der Waals surface area contributed by atoms with Crippen LogP contribution in [0, 0.1) is 6.42 Å². The molecular formula is C3H6O2. The van der Waals surface area contributed by atoms with Crippen molar-refractivity contribution in [2.75, 3.05) is 13.2 Å². The molecular weight excluding hydrogens is 68.0 g/mol. The smallest absolute Gasteiger partial charge is 0.0524 e. The Hall–Kier alpha value is -0.0800. The summed E-state index contributed by atoms with van der Waals surface area (Å²) < 4.78 is 0. The lowest BCUT2D eigenvalue weighted by Crippen LogP contribution is -1.86. The van der Waals surface area contributed by atoms with Crippen molar-refractivity contribution in [2.24, 2.45) is 0 Å². The molecule has 2 heteroatoms. The summed E-state index contributed by atoms with van der Waals surface area (Å²) in [5.41, 5.74) is 0. The molecule has 0 atom stereocenters. The van der Waals surface area contributed by atoms with Crippen LogP contribution in [0.25, 0.3) is 0 Å². The lowest BCUT2D eigenvalue weighted by molar-refractivity contribution is 0.272. The fourth-order valence-corrected chi connectivity index (χ4v) is 0.0500. The molecule has 5 heavy (non-hydrogen) atoms. The summed E-state index contributed by atoms with van der Waals surface area (Å²) in [6.45, 7) is -0.312. The summed E-state index contributed by atoms with van der Waals surface area (Å²) in [6, 6.07) is 0. The van der Waals surface area contributed by atoms with Crippen molar-refractivity contribution in [2.45, 2.75) is 0 Å². The molecule has 0 aliphatic rings. The Morgan fingerprint density at radius 3 is 1.60 bits per heavy atom. The van der Waals surface area contributed by atoms with Gasteiger partial charge in [-0.3, -0.25) is 0 Å². The molecule has 0 spiro atoms. The van der Waals surface area contributed by atoms with Gasteiger partial charge in [-0.05, 0) is 0 Å². The fraction of sp³-hybridized carbons (Fsp3) is 0.667. The van der Waals surface area contributed by atoms with Crippen LogP contribution >= 0.6 is 0 Å². The largest absolute Gasteiger partial charge is 0.396 e. The minimum absolute atomic E-state index is 0.156. The third-order valence-electron chi connectivity index (χ3n) is 0.224. The molecule has 0 rings (SSSR count). The van der Waals surface area contributed by atoms with E-state index in [0.717, 1.165) is 0 Å². The molecule has 0 fully saturated rings. The SMILES string of the molecule is OC[C]CO. The van der Waals surface area contributed by atoms with Crippen molar-refractivity contribution in [3.8, 4) is 0 Å². The Morgan fingerprint density at radius 1 is 1.20 bits per heavy atom. The molecule has 0 aliphatic carbocycles. The molecule has 0 bridgehead atoms. The van der Waals surface area contributed by atoms with Gasteiger partial charge in [-0.2, -0.15) is 0 Å². The van der Waals surface area contributed by atoms with Gasteiger partial charge in [0.05, 0.1) is 13.2 Å². The van der Waals surface area contributed by atoms with E-state index in [2.05, 4.69) is 6.42 Å². The van der Waals surface area contributed by atoms with Gasteiger partial charge in [0.25, 0.3) is 0 Å². The van der Waals surface area contributed by atoms with Gasteiger partial charge in [0.1, 0.15) is 0 Å². The molecule has 30 valence electrons. The van der Waals surface area contributed by atoms with Crippen LogP contribution in [-0.2, 0) is 0 Å². The number of rotatable bonds is 2. The van der Waals surface area contributed by atoms with Gasteiger partial charge < -0.3 is 10.2 Å². The monoisotopic (exact) mass is 74.0 g/mol. The zero-order valence-electron chi connectivity index (χ0n) is 2.81. The van der Waals surface area contributed by atoms with Crippen LogP contribution in [0.5, 0.6) is 0 Å². The predicted octanol–water partition coefficient (Wildman–Crippen LogP) is -0.948. The molecule has 0 aromatic carbocycles. The highest BCUT2D eigenvalue weighted by Gasteiger charge is 1.72. The molecule has 0 amide bonds. The standard InChI is InChI=1S/C3H6O2/c4-2-1-3-5/h4-5H,2-3H2. The van der Waals surface area contributed by atoms with E-state index in [1.54, 1.807) is 0 Å². The van der Waals surface area contributed by atoms with E-state index in [9.17, 15) is 0 Å². The van der Waals surface area contributed by atoms with Gasteiger partial charge in [0, 0.05) is 6.42 Å². The predicted molar refractivity (Wildman–Crippen MR) is 17.4 cm³/mol. The molecule has 0 saturated carbocycles. The maximum atomic E-state index is 7.80. The van der Waals surface area contributed by atoms with Crippen molar-refractivity contribution >= 4 is 0 Å². The van der Waals surface area contributed by atoms with Crippen molar-refractivity contribution < 1.29 is 10.2 Å². The van der Waals surface area contributed by atoms with Crippen molar-refractivity contribution in [3.05, 3.63) is 6.42 Å². The van der Waals surface area contributed by atoms with Gasteiger partial charge >= 0.3 is 0 Å². The quantitative estimate of drug-likeness (QED) is 0.443. The van der Waals surface area contributed by atoms with Crippen molar-refractivity contribution in [1.82, 2.24) is 0 Å². The fourth-order valence-electron chi connectivity index (χ4n) is 0.0500. The summed E-state index contributed by atoms with van der Waals surface area (Å²) in [6.07, 6.45) is 2.22. The second-order valence-corrected chi connectivity index (χ2v) is 0.566. The molecule has 2 N–H and O–H groups in total. The lowest BCUT2D eigenvalue weighted by atomic mass is 10.5. The molecule has 0 saturated heterocycles. The first-order valence-electron chi connectivity index (χ1n) is 1.34. The first-order valence-corrected chi connectivity index (χ1v) is 1.34.